The molecule has 2 aromatic rings. The predicted molar refractivity (Wildman–Crippen MR) is 110 cm³/mol. The number of aryl methyl sites for hydroxylation is 1. The van der Waals surface area contributed by atoms with Crippen molar-refractivity contribution in [3.63, 3.8) is 0 Å². The summed E-state index contributed by atoms with van der Waals surface area (Å²) in [4.78, 5) is 30.0. The van der Waals surface area contributed by atoms with Gasteiger partial charge >= 0.3 is 0 Å². The van der Waals surface area contributed by atoms with Gasteiger partial charge in [0, 0.05) is 19.6 Å². The lowest BCUT2D eigenvalue weighted by Crippen LogP contribution is -2.38. The number of hydrogen-bond acceptors (Lipinski definition) is 3. The molecule has 0 aromatic heterocycles. The number of amides is 2. The highest BCUT2D eigenvalue weighted by molar-refractivity contribution is 6.35. The van der Waals surface area contributed by atoms with Gasteiger partial charge in [0.15, 0.2) is 0 Å². The van der Waals surface area contributed by atoms with Gasteiger partial charge in [-0.05, 0) is 55.9 Å². The van der Waals surface area contributed by atoms with Crippen molar-refractivity contribution in [2.24, 2.45) is 0 Å². The first-order chi connectivity index (χ1) is 14.0. The summed E-state index contributed by atoms with van der Waals surface area (Å²) in [5, 5.41) is 0. The molecule has 0 atom stereocenters. The molecule has 4 rings (SSSR count). The van der Waals surface area contributed by atoms with E-state index in [2.05, 4.69) is 4.90 Å². The number of rotatable bonds is 5. The fourth-order valence-corrected chi connectivity index (χ4v) is 4.05. The number of hydrogen-bond donors (Lipinski definition) is 0. The summed E-state index contributed by atoms with van der Waals surface area (Å²) in [6, 6.07) is 14.0. The van der Waals surface area contributed by atoms with Crippen LogP contribution < -0.4 is 0 Å². The number of nitrogens with zero attached hydrogens (tertiary/aromatic N) is 2. The van der Waals surface area contributed by atoms with Gasteiger partial charge in [-0.1, -0.05) is 42.0 Å². The zero-order valence-corrected chi connectivity index (χ0v) is 16.7. The summed E-state index contributed by atoms with van der Waals surface area (Å²) in [6.45, 7) is 3.89. The second-order valence-electron chi connectivity index (χ2n) is 7.78. The molecule has 2 aliphatic heterocycles. The van der Waals surface area contributed by atoms with Crippen molar-refractivity contribution in [3.05, 3.63) is 76.7 Å². The molecule has 5 heteroatoms. The minimum absolute atomic E-state index is 0.213. The van der Waals surface area contributed by atoms with Crippen LogP contribution in [0.15, 0.2) is 54.2 Å². The number of piperidine rings is 1. The van der Waals surface area contributed by atoms with Crippen molar-refractivity contribution in [2.75, 3.05) is 19.6 Å². The van der Waals surface area contributed by atoms with Crippen molar-refractivity contribution < 1.29 is 14.0 Å². The fourth-order valence-electron chi connectivity index (χ4n) is 4.05. The lowest BCUT2D eigenvalue weighted by molar-refractivity contribution is -0.137. The van der Waals surface area contributed by atoms with Crippen LogP contribution in [0.25, 0.3) is 5.57 Å². The zero-order chi connectivity index (χ0) is 20.4. The van der Waals surface area contributed by atoms with Gasteiger partial charge in [-0.2, -0.15) is 0 Å². The molecule has 29 heavy (non-hydrogen) atoms. The Morgan fingerprint density at radius 3 is 2.17 bits per heavy atom. The molecule has 0 N–H and O–H groups in total. The van der Waals surface area contributed by atoms with Crippen LogP contribution in [0.5, 0.6) is 0 Å². The van der Waals surface area contributed by atoms with E-state index in [1.54, 1.807) is 12.1 Å². The van der Waals surface area contributed by atoms with Gasteiger partial charge in [0.1, 0.15) is 11.5 Å². The van der Waals surface area contributed by atoms with Gasteiger partial charge in [-0.3, -0.25) is 14.5 Å². The van der Waals surface area contributed by atoms with E-state index >= 15 is 0 Å². The number of imide groups is 1. The maximum absolute atomic E-state index is 13.3. The normalized spacial score (nSPS) is 17.4. The van der Waals surface area contributed by atoms with Gasteiger partial charge in [0.05, 0.1) is 5.57 Å². The Hall–Kier alpha value is -2.95. The number of carbonyl (C=O) groups is 2. The number of likely N-dealkylation sites (tertiary alicyclic amines) is 1. The first-order valence-electron chi connectivity index (χ1n) is 10.2. The smallest absolute Gasteiger partial charge is 0.277 e. The quantitative estimate of drug-likeness (QED) is 0.724. The summed E-state index contributed by atoms with van der Waals surface area (Å²) >= 11 is 0. The van der Waals surface area contributed by atoms with Crippen LogP contribution in [-0.2, 0) is 16.0 Å². The van der Waals surface area contributed by atoms with Crippen LogP contribution in [0.3, 0.4) is 0 Å². The van der Waals surface area contributed by atoms with Crippen LogP contribution >= 0.6 is 0 Å². The van der Waals surface area contributed by atoms with E-state index in [4.69, 9.17) is 0 Å². The maximum atomic E-state index is 13.3. The zero-order valence-electron chi connectivity index (χ0n) is 16.7. The Morgan fingerprint density at radius 1 is 0.862 bits per heavy atom. The second-order valence-corrected chi connectivity index (χ2v) is 7.78. The summed E-state index contributed by atoms with van der Waals surface area (Å²) in [6.07, 6.45) is 3.72. The molecule has 0 unspecified atom stereocenters. The van der Waals surface area contributed by atoms with E-state index in [1.807, 2.05) is 31.2 Å². The van der Waals surface area contributed by atoms with E-state index in [0.29, 0.717) is 17.7 Å². The predicted octanol–water partition coefficient (Wildman–Crippen LogP) is 3.94. The Balaban J connectivity index is 1.63. The standard InChI is InChI=1S/C24H25FN2O2/c1-17-5-9-19(10-6-17)21-22(26-14-3-2-4-15-26)24(29)27(23(21)28)16-13-18-7-11-20(25)12-8-18/h5-12H,2-4,13-16H2,1H3. The monoisotopic (exact) mass is 392 g/mol. The molecule has 0 saturated carbocycles. The molecule has 4 nitrogen and oxygen atoms in total. The van der Waals surface area contributed by atoms with E-state index in [1.165, 1.54) is 17.0 Å². The number of halogens is 1. The van der Waals surface area contributed by atoms with E-state index in [0.717, 1.165) is 49.0 Å². The molecule has 1 fully saturated rings. The van der Waals surface area contributed by atoms with E-state index < -0.39 is 0 Å². The van der Waals surface area contributed by atoms with Gasteiger partial charge in [-0.15, -0.1) is 0 Å². The molecule has 2 aliphatic rings. The molecule has 0 spiro atoms. The highest BCUT2D eigenvalue weighted by Crippen LogP contribution is 2.33. The average Bonchev–Trinajstić information content (AvgIpc) is 2.99. The van der Waals surface area contributed by atoms with Crippen LogP contribution in [0.4, 0.5) is 4.39 Å². The van der Waals surface area contributed by atoms with Gasteiger partial charge in [0.25, 0.3) is 11.8 Å². The summed E-state index contributed by atoms with van der Waals surface area (Å²) in [5.74, 6) is -0.742. The van der Waals surface area contributed by atoms with Crippen LogP contribution in [-0.4, -0.2) is 41.2 Å². The molecular formula is C24H25FN2O2. The topological polar surface area (TPSA) is 40.6 Å². The molecular weight excluding hydrogens is 367 g/mol. The third-order valence-corrected chi connectivity index (χ3v) is 5.69. The van der Waals surface area contributed by atoms with Gasteiger partial charge in [-0.25, -0.2) is 4.39 Å². The minimum Gasteiger partial charge on any atom is -0.366 e. The molecule has 1 saturated heterocycles. The Kier molecular flexibility index (Phi) is 5.47. The third kappa shape index (κ3) is 3.95. The first kappa shape index (κ1) is 19.4. The second kappa shape index (κ2) is 8.19. The fraction of sp³-hybridized carbons (Fsp3) is 0.333. The maximum Gasteiger partial charge on any atom is 0.277 e. The number of carbonyl (C=O) groups excluding carboxylic acids is 2. The lowest BCUT2D eigenvalue weighted by atomic mass is 10.0. The summed E-state index contributed by atoms with van der Waals surface area (Å²) in [5.41, 5.74) is 3.85. The average molecular weight is 392 g/mol. The van der Waals surface area contributed by atoms with Crippen molar-refractivity contribution in [1.82, 2.24) is 9.80 Å². The van der Waals surface area contributed by atoms with Crippen molar-refractivity contribution >= 4 is 17.4 Å². The van der Waals surface area contributed by atoms with Gasteiger partial charge < -0.3 is 4.90 Å². The molecule has 0 aliphatic carbocycles. The van der Waals surface area contributed by atoms with E-state index in [-0.39, 0.29) is 24.2 Å². The molecule has 0 bridgehead atoms. The minimum atomic E-state index is -0.294. The third-order valence-electron chi connectivity index (χ3n) is 5.69. The summed E-state index contributed by atoms with van der Waals surface area (Å²) in [7, 11) is 0. The van der Waals surface area contributed by atoms with Crippen LogP contribution in [0.1, 0.15) is 36.0 Å². The Labute approximate surface area is 170 Å². The Morgan fingerprint density at radius 2 is 1.52 bits per heavy atom. The van der Waals surface area contributed by atoms with Crippen LogP contribution in [0.2, 0.25) is 0 Å². The van der Waals surface area contributed by atoms with Gasteiger partial charge in [0.2, 0.25) is 0 Å². The van der Waals surface area contributed by atoms with Crippen molar-refractivity contribution in [3.8, 4) is 0 Å². The lowest BCUT2D eigenvalue weighted by Gasteiger charge is -2.29. The SMILES string of the molecule is Cc1ccc(C2=C(N3CCCCC3)C(=O)N(CCc3ccc(F)cc3)C2=O)cc1. The largest absolute Gasteiger partial charge is 0.366 e. The Bertz CT molecular complexity index is 942. The molecule has 2 amide bonds. The first-order valence-corrected chi connectivity index (χ1v) is 10.2. The highest BCUT2D eigenvalue weighted by atomic mass is 19.1. The summed E-state index contributed by atoms with van der Waals surface area (Å²) < 4.78 is 13.1. The molecule has 2 aromatic carbocycles. The molecule has 0 radical (unpaired) electrons. The van der Waals surface area contributed by atoms with E-state index in [9.17, 15) is 14.0 Å². The molecule has 150 valence electrons. The van der Waals surface area contributed by atoms with Crippen molar-refractivity contribution in [2.45, 2.75) is 32.6 Å². The van der Waals surface area contributed by atoms with Crippen LogP contribution in [0, 0.1) is 12.7 Å². The van der Waals surface area contributed by atoms with Crippen molar-refractivity contribution in [1.29, 1.82) is 0 Å². The number of benzene rings is 2. The highest BCUT2D eigenvalue weighted by Gasteiger charge is 2.41. The molecule has 2 heterocycles.